The zero-order valence-corrected chi connectivity index (χ0v) is 13.6. The summed E-state index contributed by atoms with van der Waals surface area (Å²) in [5.74, 6) is -1.77. The van der Waals surface area contributed by atoms with Crippen LogP contribution in [-0.4, -0.2) is 27.9 Å². The van der Waals surface area contributed by atoms with Crippen LogP contribution in [0.4, 0.5) is 0 Å². The molecule has 2 aromatic carbocycles. The smallest absolute Gasteiger partial charge is 0.313 e. The quantitative estimate of drug-likeness (QED) is 0.922. The Balaban J connectivity index is 1.91. The molecule has 1 aliphatic carbocycles. The van der Waals surface area contributed by atoms with Crippen LogP contribution >= 0.6 is 11.6 Å². The fourth-order valence-corrected chi connectivity index (χ4v) is 3.71. The second-order valence-electron chi connectivity index (χ2n) is 6.34. The number of carbonyl (C=O) groups is 2. The molecule has 0 aromatic heterocycles. The van der Waals surface area contributed by atoms with Gasteiger partial charge in [0.2, 0.25) is 0 Å². The summed E-state index contributed by atoms with van der Waals surface area (Å²) in [5, 5.41) is 10.5. The van der Waals surface area contributed by atoms with E-state index < -0.39 is 17.9 Å². The number of fused-ring (bicyclic) bond motifs is 1. The van der Waals surface area contributed by atoms with E-state index in [0.29, 0.717) is 16.1 Å². The molecule has 122 valence electrons. The van der Waals surface area contributed by atoms with E-state index in [9.17, 15) is 14.7 Å². The van der Waals surface area contributed by atoms with Gasteiger partial charge in [-0.1, -0.05) is 41.9 Å². The summed E-state index contributed by atoms with van der Waals surface area (Å²) in [6.45, 7) is 0. The highest BCUT2D eigenvalue weighted by Gasteiger charge is 2.49. The standard InChI is InChI=1S/C19H16ClNO3/c20-12-7-5-11(6-8-12)17-16(19(23)24)14-3-1-2-4-15(14)18(22)21(17)13-9-10-13/h1-8,13,16-17H,9-10H2,(H,23,24). The Morgan fingerprint density at radius 1 is 1.08 bits per heavy atom. The number of hydrogen-bond acceptors (Lipinski definition) is 2. The normalized spacial score (nSPS) is 23.0. The average molecular weight is 342 g/mol. The molecule has 2 unspecified atom stereocenters. The first-order chi connectivity index (χ1) is 11.6. The molecule has 1 heterocycles. The van der Waals surface area contributed by atoms with Crippen LogP contribution in [0.1, 0.15) is 46.3 Å². The molecular formula is C19H16ClNO3. The summed E-state index contributed by atoms with van der Waals surface area (Å²) in [4.78, 5) is 26.9. The molecule has 4 nitrogen and oxygen atoms in total. The van der Waals surface area contributed by atoms with Crippen LogP contribution in [0.2, 0.25) is 5.02 Å². The van der Waals surface area contributed by atoms with Crippen molar-refractivity contribution in [2.75, 3.05) is 0 Å². The number of nitrogens with zero attached hydrogens (tertiary/aromatic N) is 1. The highest BCUT2D eigenvalue weighted by Crippen LogP contribution is 2.47. The van der Waals surface area contributed by atoms with Crippen molar-refractivity contribution in [2.45, 2.75) is 30.8 Å². The molecule has 1 saturated carbocycles. The Labute approximate surface area is 144 Å². The van der Waals surface area contributed by atoms with Crippen LogP contribution in [-0.2, 0) is 4.79 Å². The topological polar surface area (TPSA) is 57.6 Å². The second-order valence-corrected chi connectivity index (χ2v) is 6.78. The van der Waals surface area contributed by atoms with Gasteiger partial charge in [0.05, 0.1) is 6.04 Å². The first-order valence-electron chi connectivity index (χ1n) is 7.98. The number of hydrogen-bond donors (Lipinski definition) is 1. The maximum Gasteiger partial charge on any atom is 0.313 e. The first kappa shape index (κ1) is 15.2. The number of carboxylic acid groups (broad SMARTS) is 1. The summed E-state index contributed by atoms with van der Waals surface area (Å²) in [7, 11) is 0. The predicted molar refractivity (Wildman–Crippen MR) is 90.2 cm³/mol. The van der Waals surface area contributed by atoms with Crippen molar-refractivity contribution in [2.24, 2.45) is 0 Å². The van der Waals surface area contributed by atoms with E-state index in [2.05, 4.69) is 0 Å². The first-order valence-corrected chi connectivity index (χ1v) is 8.35. The molecule has 1 N–H and O–H groups in total. The van der Waals surface area contributed by atoms with Crippen molar-refractivity contribution < 1.29 is 14.7 Å². The summed E-state index contributed by atoms with van der Waals surface area (Å²) < 4.78 is 0. The summed E-state index contributed by atoms with van der Waals surface area (Å²) in [6, 6.07) is 13.8. The Hall–Kier alpha value is -2.33. The maximum atomic E-state index is 13.0. The lowest BCUT2D eigenvalue weighted by Gasteiger charge is -2.41. The van der Waals surface area contributed by atoms with Crippen molar-refractivity contribution in [3.8, 4) is 0 Å². The second kappa shape index (κ2) is 5.64. The van der Waals surface area contributed by atoms with Gasteiger partial charge in [-0.3, -0.25) is 9.59 Å². The Morgan fingerprint density at radius 3 is 2.38 bits per heavy atom. The average Bonchev–Trinajstić information content (AvgIpc) is 3.40. The van der Waals surface area contributed by atoms with E-state index in [1.807, 2.05) is 12.1 Å². The summed E-state index contributed by atoms with van der Waals surface area (Å²) >= 11 is 5.97. The molecule has 2 atom stereocenters. The zero-order valence-electron chi connectivity index (χ0n) is 12.9. The molecule has 1 aliphatic heterocycles. The fourth-order valence-electron chi connectivity index (χ4n) is 3.59. The minimum Gasteiger partial charge on any atom is -0.481 e. The van der Waals surface area contributed by atoms with Crippen LogP contribution in [0.25, 0.3) is 0 Å². The van der Waals surface area contributed by atoms with Crippen LogP contribution in [0.5, 0.6) is 0 Å². The minimum atomic E-state index is -0.916. The highest BCUT2D eigenvalue weighted by molar-refractivity contribution is 6.30. The molecule has 24 heavy (non-hydrogen) atoms. The van der Waals surface area contributed by atoms with Gasteiger partial charge in [0, 0.05) is 16.6 Å². The number of aliphatic carboxylic acids is 1. The van der Waals surface area contributed by atoms with Gasteiger partial charge in [0.15, 0.2) is 0 Å². The molecule has 1 fully saturated rings. The van der Waals surface area contributed by atoms with Gasteiger partial charge in [-0.25, -0.2) is 0 Å². The van der Waals surface area contributed by atoms with E-state index in [1.54, 1.807) is 41.3 Å². The van der Waals surface area contributed by atoms with Crippen LogP contribution < -0.4 is 0 Å². The highest BCUT2D eigenvalue weighted by atomic mass is 35.5. The predicted octanol–water partition coefficient (Wildman–Crippen LogP) is 3.87. The van der Waals surface area contributed by atoms with Gasteiger partial charge < -0.3 is 10.0 Å². The number of benzene rings is 2. The Bertz CT molecular complexity index is 814. The van der Waals surface area contributed by atoms with E-state index in [4.69, 9.17) is 11.6 Å². The molecule has 4 rings (SSSR count). The van der Waals surface area contributed by atoms with Crippen molar-refractivity contribution in [3.05, 3.63) is 70.2 Å². The lowest BCUT2D eigenvalue weighted by atomic mass is 9.79. The summed E-state index contributed by atoms with van der Waals surface area (Å²) in [6.07, 6.45) is 1.84. The molecule has 2 aromatic rings. The summed E-state index contributed by atoms with van der Waals surface area (Å²) in [5.41, 5.74) is 1.90. The van der Waals surface area contributed by atoms with Crippen LogP contribution in [0, 0.1) is 0 Å². The van der Waals surface area contributed by atoms with Gasteiger partial charge in [-0.2, -0.15) is 0 Å². The fraction of sp³-hybridized carbons (Fsp3) is 0.263. The van der Waals surface area contributed by atoms with E-state index >= 15 is 0 Å². The third-order valence-corrected chi connectivity index (χ3v) is 5.05. The molecule has 0 bridgehead atoms. The number of carbonyl (C=O) groups excluding carboxylic acids is 1. The van der Waals surface area contributed by atoms with Crippen molar-refractivity contribution in [1.82, 2.24) is 4.90 Å². The third-order valence-electron chi connectivity index (χ3n) is 4.79. The molecule has 2 aliphatic rings. The molecular weight excluding hydrogens is 326 g/mol. The van der Waals surface area contributed by atoms with Gasteiger partial charge >= 0.3 is 5.97 Å². The number of halogens is 1. The van der Waals surface area contributed by atoms with E-state index in [-0.39, 0.29) is 11.9 Å². The van der Waals surface area contributed by atoms with Gasteiger partial charge in [-0.05, 0) is 42.2 Å². The SMILES string of the molecule is O=C(O)C1c2ccccc2C(=O)N(C2CC2)C1c1ccc(Cl)cc1. The van der Waals surface area contributed by atoms with Crippen molar-refractivity contribution in [1.29, 1.82) is 0 Å². The van der Waals surface area contributed by atoms with Gasteiger partial charge in [0.1, 0.15) is 5.92 Å². The molecule has 5 heteroatoms. The zero-order chi connectivity index (χ0) is 16.8. The lowest BCUT2D eigenvalue weighted by molar-refractivity contribution is -0.140. The molecule has 1 amide bonds. The van der Waals surface area contributed by atoms with Crippen molar-refractivity contribution in [3.63, 3.8) is 0 Å². The van der Waals surface area contributed by atoms with Gasteiger partial charge in [-0.15, -0.1) is 0 Å². The third kappa shape index (κ3) is 2.38. The van der Waals surface area contributed by atoms with E-state index in [1.165, 1.54) is 0 Å². The van der Waals surface area contributed by atoms with Crippen LogP contribution in [0.3, 0.4) is 0 Å². The molecule has 0 radical (unpaired) electrons. The van der Waals surface area contributed by atoms with Crippen LogP contribution in [0.15, 0.2) is 48.5 Å². The lowest BCUT2D eigenvalue weighted by Crippen LogP contribution is -2.46. The maximum absolute atomic E-state index is 13.0. The van der Waals surface area contributed by atoms with Crippen molar-refractivity contribution >= 4 is 23.5 Å². The Morgan fingerprint density at radius 2 is 1.75 bits per heavy atom. The minimum absolute atomic E-state index is 0.0782. The number of rotatable bonds is 3. The largest absolute Gasteiger partial charge is 0.481 e. The number of amides is 1. The molecule has 0 spiro atoms. The molecule has 0 saturated heterocycles. The Kier molecular flexibility index (Phi) is 3.57. The monoisotopic (exact) mass is 341 g/mol. The van der Waals surface area contributed by atoms with E-state index in [0.717, 1.165) is 18.4 Å². The van der Waals surface area contributed by atoms with Gasteiger partial charge in [0.25, 0.3) is 5.91 Å². The number of carboxylic acids is 1.